The van der Waals surface area contributed by atoms with Gasteiger partial charge in [0.1, 0.15) is 6.04 Å². The topological polar surface area (TPSA) is 3.24 Å². The van der Waals surface area contributed by atoms with Gasteiger partial charge in [0, 0.05) is 45.7 Å². The van der Waals surface area contributed by atoms with Crippen molar-refractivity contribution in [3.63, 3.8) is 0 Å². The van der Waals surface area contributed by atoms with E-state index >= 15 is 0 Å². The van der Waals surface area contributed by atoms with Crippen molar-refractivity contribution >= 4 is 68.6 Å². The van der Waals surface area contributed by atoms with E-state index < -0.39 is 0 Å². The maximum absolute atomic E-state index is 2.44. The summed E-state index contributed by atoms with van der Waals surface area (Å²) in [7, 11) is 4.42. The quantitative estimate of drug-likeness (QED) is 0.443. The van der Waals surface area contributed by atoms with Crippen LogP contribution in [0.15, 0.2) is 0 Å². The predicted molar refractivity (Wildman–Crippen MR) is 70.3 cm³/mol. The number of likely N-dealkylation sites (N-methyl/N-ethyl adjacent to an activating group) is 1. The zero-order chi connectivity index (χ0) is 8.36. The van der Waals surface area contributed by atoms with E-state index in [4.69, 9.17) is 0 Å². The van der Waals surface area contributed by atoms with E-state index in [0.29, 0.717) is 6.04 Å². The van der Waals surface area contributed by atoms with Gasteiger partial charge in [-0.25, -0.2) is 0 Å². The molecule has 0 aliphatic carbocycles. The summed E-state index contributed by atoms with van der Waals surface area (Å²) in [5.74, 6) is 0. The average Bonchev–Trinajstić information content (AvgIpc) is 1.60. The fourth-order valence-corrected chi connectivity index (χ4v) is 1.71. The van der Waals surface area contributed by atoms with Crippen LogP contribution < -0.4 is 0 Å². The molecule has 10 heavy (non-hydrogen) atoms. The van der Waals surface area contributed by atoms with Gasteiger partial charge in [-0.3, -0.25) is 2.70 Å². The molecule has 0 aromatic heterocycles. The second kappa shape index (κ2) is 4.97. The van der Waals surface area contributed by atoms with Crippen molar-refractivity contribution in [3.8, 4) is 0 Å². The van der Waals surface area contributed by atoms with Gasteiger partial charge in [-0.15, -0.1) is 0 Å². The smallest absolute Gasteiger partial charge is 0.248 e. The molecule has 0 saturated carbocycles. The maximum Gasteiger partial charge on any atom is 0.248 e. The van der Waals surface area contributed by atoms with E-state index in [1.54, 1.807) is 0 Å². The third-order valence-electron chi connectivity index (χ3n) is 1.45. The largest absolute Gasteiger partial charge is 0.269 e. The molecule has 0 saturated heterocycles. The molecule has 0 aliphatic heterocycles. The Kier molecular flexibility index (Phi) is 6.02. The minimum atomic E-state index is 0.675. The molecule has 0 amide bonds. The molecule has 0 N–H and O–H groups in total. The fourth-order valence-electron chi connectivity index (χ4n) is 0.394. The Labute approximate surface area is 105 Å². The second-order valence-corrected chi connectivity index (χ2v) is 9.40. The van der Waals surface area contributed by atoms with Crippen LogP contribution in [0.25, 0.3) is 0 Å². The first kappa shape index (κ1) is 12.1. The van der Waals surface area contributed by atoms with Gasteiger partial charge < -0.3 is 0 Å². The lowest BCUT2D eigenvalue weighted by Gasteiger charge is -2.28. The third-order valence-corrected chi connectivity index (χ3v) is 3.19. The minimum Gasteiger partial charge on any atom is -0.269 e. The van der Waals surface area contributed by atoms with E-state index in [2.05, 4.69) is 90.9 Å². The lowest BCUT2D eigenvalue weighted by atomic mass is 10.3. The summed E-state index contributed by atoms with van der Waals surface area (Å²) in [6.45, 7) is 3.38. The summed E-state index contributed by atoms with van der Waals surface area (Å²) in [6.07, 6.45) is 0. The van der Waals surface area contributed by atoms with Gasteiger partial charge in [-0.2, -0.15) is 1.33 Å². The highest BCUT2D eigenvalue weighted by atomic mass is 127. The zero-order valence-electron chi connectivity index (χ0n) is 6.31. The number of nitrogens with zero attached hydrogens (tertiary/aromatic N) is 2. The predicted octanol–water partition coefficient (Wildman–Crippen LogP) is 2.80. The van der Waals surface area contributed by atoms with Crippen LogP contribution in [0.3, 0.4) is 0 Å². The van der Waals surface area contributed by atoms with Gasteiger partial charge in [0.15, 0.2) is 0 Å². The Morgan fingerprint density at radius 2 is 1.80 bits per heavy atom. The molecule has 62 valence electrons. The highest BCUT2D eigenvalue weighted by Crippen LogP contribution is 2.18. The molecule has 5 heteroatoms. The summed E-state index contributed by atoms with van der Waals surface area (Å²) in [6, 6.07) is 0.675. The zero-order valence-corrected chi connectivity index (χ0v) is 12.8. The first-order chi connectivity index (χ1) is 4.34. The molecule has 0 spiro atoms. The normalized spacial score (nSPS) is 15.9. The number of hydrogen-bond acceptors (Lipinski definition) is 1. The molecule has 2 nitrogen and oxygen atoms in total. The van der Waals surface area contributed by atoms with Crippen LogP contribution in [0.4, 0.5) is 0 Å². The molecule has 0 fully saturated rings. The highest BCUT2D eigenvalue weighted by Gasteiger charge is 2.22. The standard InChI is InChI=1S/C5H12I3N2/c1-5(4-9(6)7)10(2,3)8/h5H,4H2,1-3H3/q+1. The van der Waals surface area contributed by atoms with E-state index in [1.807, 2.05) is 0 Å². The van der Waals surface area contributed by atoms with Crippen LogP contribution in [-0.2, 0) is 0 Å². The van der Waals surface area contributed by atoms with Crippen molar-refractivity contribution in [2.75, 3.05) is 20.6 Å². The van der Waals surface area contributed by atoms with Gasteiger partial charge in [0.25, 0.3) is 0 Å². The first-order valence-corrected chi connectivity index (χ1v) is 5.86. The second-order valence-electron chi connectivity index (χ2n) is 2.73. The Hall–Kier alpha value is 2.11. The highest BCUT2D eigenvalue weighted by molar-refractivity contribution is 14.2. The monoisotopic (exact) mass is 481 g/mol. The number of halogens is 3. The Bertz CT molecular complexity index is 99.6. The lowest BCUT2D eigenvalue weighted by Crippen LogP contribution is -2.41. The molecule has 0 bridgehead atoms. The van der Waals surface area contributed by atoms with Crippen molar-refractivity contribution in [2.45, 2.75) is 13.0 Å². The Morgan fingerprint density at radius 1 is 1.40 bits per heavy atom. The molecule has 1 atom stereocenters. The number of rotatable bonds is 3. The van der Waals surface area contributed by atoms with Crippen LogP contribution in [0.5, 0.6) is 0 Å². The third kappa shape index (κ3) is 5.72. The molecular weight excluding hydrogens is 469 g/mol. The molecule has 0 radical (unpaired) electrons. The van der Waals surface area contributed by atoms with Crippen LogP contribution in [0.1, 0.15) is 6.92 Å². The molecule has 0 aromatic rings. The van der Waals surface area contributed by atoms with Crippen LogP contribution in [-0.4, -0.2) is 30.7 Å². The summed E-state index contributed by atoms with van der Waals surface area (Å²) in [5.41, 5.74) is 0. The summed E-state index contributed by atoms with van der Waals surface area (Å²) in [5, 5.41) is 0. The van der Waals surface area contributed by atoms with Crippen LogP contribution in [0.2, 0.25) is 0 Å². The Balaban J connectivity index is 3.73. The molecule has 0 heterocycles. The van der Waals surface area contributed by atoms with Crippen LogP contribution in [0, 0.1) is 0 Å². The maximum atomic E-state index is 2.44. The first-order valence-electron chi connectivity index (χ1n) is 2.96. The van der Waals surface area contributed by atoms with E-state index in [0.717, 1.165) is 9.24 Å². The van der Waals surface area contributed by atoms with Crippen molar-refractivity contribution in [3.05, 3.63) is 0 Å². The molecule has 0 rings (SSSR count). The van der Waals surface area contributed by atoms with Gasteiger partial charge in [-0.1, -0.05) is 0 Å². The average molecular weight is 481 g/mol. The van der Waals surface area contributed by atoms with Gasteiger partial charge in [0.2, 0.25) is 22.9 Å². The van der Waals surface area contributed by atoms with Crippen molar-refractivity contribution in [1.29, 1.82) is 0 Å². The van der Waals surface area contributed by atoms with E-state index in [-0.39, 0.29) is 0 Å². The minimum absolute atomic E-state index is 0.675. The van der Waals surface area contributed by atoms with E-state index in [9.17, 15) is 0 Å². The van der Waals surface area contributed by atoms with Crippen LogP contribution >= 0.6 is 68.6 Å². The Morgan fingerprint density at radius 3 is 1.90 bits per heavy atom. The molecule has 1 unspecified atom stereocenters. The number of quaternary nitrogens is 1. The van der Waals surface area contributed by atoms with Crippen molar-refractivity contribution in [2.24, 2.45) is 0 Å². The fraction of sp³-hybridized carbons (Fsp3) is 1.00. The van der Waals surface area contributed by atoms with E-state index in [1.165, 1.54) is 0 Å². The molecule has 0 aromatic carbocycles. The summed E-state index contributed by atoms with van der Waals surface area (Å²) in [4.78, 5) is 0. The van der Waals surface area contributed by atoms with Crippen molar-refractivity contribution in [1.82, 2.24) is 1.33 Å². The SMILES string of the molecule is CC(CN(I)I)[N+](C)(C)I. The summed E-state index contributed by atoms with van der Waals surface area (Å²) >= 11 is 7.05. The van der Waals surface area contributed by atoms with Crippen molar-refractivity contribution < 1.29 is 2.70 Å². The van der Waals surface area contributed by atoms with Gasteiger partial charge >= 0.3 is 0 Å². The van der Waals surface area contributed by atoms with Gasteiger partial charge in [-0.05, 0) is 6.92 Å². The summed E-state index contributed by atoms with van der Waals surface area (Å²) < 4.78 is 3.17. The number of hydrogen-bond donors (Lipinski definition) is 0. The molecular formula is C5H12I3N2+. The lowest BCUT2D eigenvalue weighted by molar-refractivity contribution is -0.733. The molecule has 0 aliphatic rings. The van der Waals surface area contributed by atoms with Gasteiger partial charge in [0.05, 0.1) is 20.6 Å².